The summed E-state index contributed by atoms with van der Waals surface area (Å²) in [5.74, 6) is -2.12. The SMILES string of the molecule is COc1nc(NC(N)=O)nc(C(F)(F)F)n1. The van der Waals surface area contributed by atoms with Crippen molar-refractivity contribution in [3.8, 4) is 6.01 Å². The number of halogens is 3. The fourth-order valence-electron chi connectivity index (χ4n) is 0.741. The number of hydrogen-bond donors (Lipinski definition) is 2. The van der Waals surface area contributed by atoms with Gasteiger partial charge in [0.25, 0.3) is 0 Å². The van der Waals surface area contributed by atoms with Crippen LogP contribution in [0.2, 0.25) is 0 Å². The Morgan fingerprint density at radius 2 is 2.00 bits per heavy atom. The van der Waals surface area contributed by atoms with Gasteiger partial charge in [-0.05, 0) is 0 Å². The van der Waals surface area contributed by atoms with Crippen LogP contribution in [-0.4, -0.2) is 28.1 Å². The van der Waals surface area contributed by atoms with Crippen molar-refractivity contribution >= 4 is 12.0 Å². The number of urea groups is 1. The zero-order valence-corrected chi connectivity index (χ0v) is 7.87. The lowest BCUT2D eigenvalue weighted by Gasteiger charge is -2.07. The molecule has 10 heteroatoms. The molecule has 1 aromatic heterocycles. The maximum absolute atomic E-state index is 12.3. The van der Waals surface area contributed by atoms with Gasteiger partial charge in [0.05, 0.1) is 7.11 Å². The van der Waals surface area contributed by atoms with E-state index in [0.717, 1.165) is 7.11 Å². The number of amides is 2. The van der Waals surface area contributed by atoms with Crippen LogP contribution in [0.15, 0.2) is 0 Å². The third kappa shape index (κ3) is 2.93. The first-order valence-electron chi connectivity index (χ1n) is 3.76. The fourth-order valence-corrected chi connectivity index (χ4v) is 0.741. The molecule has 0 aliphatic heterocycles. The first-order chi connectivity index (χ1) is 7.32. The molecule has 0 saturated heterocycles. The molecule has 1 rings (SSSR count). The molecule has 2 amide bonds. The lowest BCUT2D eigenvalue weighted by atomic mass is 10.6. The molecule has 0 fully saturated rings. The predicted molar refractivity (Wildman–Crippen MR) is 44.6 cm³/mol. The molecule has 0 spiro atoms. The van der Waals surface area contributed by atoms with Crippen LogP contribution in [0.4, 0.5) is 23.9 Å². The van der Waals surface area contributed by atoms with Crippen LogP contribution in [0, 0.1) is 0 Å². The molecule has 0 aliphatic rings. The zero-order chi connectivity index (χ0) is 12.3. The van der Waals surface area contributed by atoms with E-state index in [0.29, 0.717) is 0 Å². The average molecular weight is 237 g/mol. The van der Waals surface area contributed by atoms with Crippen molar-refractivity contribution in [3.05, 3.63) is 5.82 Å². The summed E-state index contributed by atoms with van der Waals surface area (Å²) in [7, 11) is 1.07. The van der Waals surface area contributed by atoms with Gasteiger partial charge in [0, 0.05) is 0 Å². The Morgan fingerprint density at radius 1 is 1.38 bits per heavy atom. The van der Waals surface area contributed by atoms with E-state index in [4.69, 9.17) is 5.73 Å². The number of nitrogens with one attached hydrogen (secondary N) is 1. The molecule has 0 unspecified atom stereocenters. The highest BCUT2D eigenvalue weighted by atomic mass is 19.4. The van der Waals surface area contributed by atoms with Crippen LogP contribution in [0.5, 0.6) is 6.01 Å². The Kier molecular flexibility index (Phi) is 3.11. The van der Waals surface area contributed by atoms with Crippen molar-refractivity contribution < 1.29 is 22.7 Å². The van der Waals surface area contributed by atoms with Crippen LogP contribution in [0.3, 0.4) is 0 Å². The van der Waals surface area contributed by atoms with Crippen LogP contribution in [0.25, 0.3) is 0 Å². The second-order valence-electron chi connectivity index (χ2n) is 2.46. The molecule has 0 saturated carbocycles. The van der Waals surface area contributed by atoms with Crippen molar-refractivity contribution in [2.24, 2.45) is 5.73 Å². The summed E-state index contributed by atoms with van der Waals surface area (Å²) in [5, 5.41) is 1.79. The fraction of sp³-hybridized carbons (Fsp3) is 0.333. The molecule has 0 atom stereocenters. The van der Waals surface area contributed by atoms with Crippen molar-refractivity contribution in [3.63, 3.8) is 0 Å². The van der Waals surface area contributed by atoms with E-state index in [9.17, 15) is 18.0 Å². The standard InChI is InChI=1S/C6H6F3N5O2/c1-16-5-12-2(6(7,8)9)11-4(14-5)13-3(10)15/h1H3,(H3,10,11,12,13,14,15). The summed E-state index contributed by atoms with van der Waals surface area (Å²) in [4.78, 5) is 19.7. The monoisotopic (exact) mass is 237 g/mol. The molecule has 0 radical (unpaired) electrons. The van der Waals surface area contributed by atoms with Gasteiger partial charge in [0.2, 0.25) is 11.8 Å². The maximum atomic E-state index is 12.3. The smallest absolute Gasteiger partial charge is 0.451 e. The van der Waals surface area contributed by atoms with Gasteiger partial charge in [-0.2, -0.15) is 28.1 Å². The molecule has 1 aromatic rings. The van der Waals surface area contributed by atoms with E-state index in [2.05, 4.69) is 19.7 Å². The second kappa shape index (κ2) is 4.16. The third-order valence-corrected chi connectivity index (χ3v) is 1.29. The van der Waals surface area contributed by atoms with Crippen molar-refractivity contribution in [2.75, 3.05) is 12.4 Å². The number of nitrogens with zero attached hydrogens (tertiary/aromatic N) is 3. The summed E-state index contributed by atoms with van der Waals surface area (Å²) >= 11 is 0. The Hall–Kier alpha value is -2.13. The van der Waals surface area contributed by atoms with Gasteiger partial charge < -0.3 is 10.5 Å². The van der Waals surface area contributed by atoms with E-state index in [1.165, 1.54) is 0 Å². The number of hydrogen-bond acceptors (Lipinski definition) is 5. The summed E-state index contributed by atoms with van der Waals surface area (Å²) in [6.45, 7) is 0. The van der Waals surface area contributed by atoms with E-state index < -0.39 is 30.0 Å². The average Bonchev–Trinajstić information content (AvgIpc) is 2.14. The van der Waals surface area contributed by atoms with Crippen molar-refractivity contribution in [1.29, 1.82) is 0 Å². The number of carbonyl (C=O) groups is 1. The Morgan fingerprint density at radius 3 is 2.44 bits per heavy atom. The molecule has 16 heavy (non-hydrogen) atoms. The van der Waals surface area contributed by atoms with Crippen molar-refractivity contribution in [2.45, 2.75) is 6.18 Å². The van der Waals surface area contributed by atoms with Crippen LogP contribution < -0.4 is 15.8 Å². The molecule has 0 aromatic carbocycles. The van der Waals surface area contributed by atoms with E-state index in [-0.39, 0.29) is 0 Å². The number of alkyl halides is 3. The minimum absolute atomic E-state index is 0.578. The van der Waals surface area contributed by atoms with Gasteiger partial charge in [-0.25, -0.2) is 4.79 Å². The molecule has 7 nitrogen and oxygen atoms in total. The maximum Gasteiger partial charge on any atom is 0.451 e. The summed E-state index contributed by atoms with van der Waals surface area (Å²) in [5.41, 5.74) is 4.70. The third-order valence-electron chi connectivity index (χ3n) is 1.29. The molecular formula is C6H6F3N5O2. The van der Waals surface area contributed by atoms with Gasteiger partial charge in [0.1, 0.15) is 0 Å². The molecule has 3 N–H and O–H groups in total. The number of aromatic nitrogens is 3. The van der Waals surface area contributed by atoms with E-state index in [1.54, 1.807) is 5.32 Å². The number of rotatable bonds is 2. The highest BCUT2D eigenvalue weighted by molar-refractivity contribution is 5.85. The summed E-state index contributed by atoms with van der Waals surface area (Å²) in [6.07, 6.45) is -4.77. The zero-order valence-electron chi connectivity index (χ0n) is 7.87. The lowest BCUT2D eigenvalue weighted by Crippen LogP contribution is -2.23. The topological polar surface area (TPSA) is 103 Å². The van der Waals surface area contributed by atoms with Crippen LogP contribution in [0.1, 0.15) is 5.82 Å². The quantitative estimate of drug-likeness (QED) is 0.774. The van der Waals surface area contributed by atoms with Gasteiger partial charge in [-0.3, -0.25) is 5.32 Å². The molecule has 0 bridgehead atoms. The van der Waals surface area contributed by atoms with E-state index >= 15 is 0 Å². The highest BCUT2D eigenvalue weighted by Crippen LogP contribution is 2.27. The first-order valence-corrected chi connectivity index (χ1v) is 3.76. The molecular weight excluding hydrogens is 231 g/mol. The van der Waals surface area contributed by atoms with Gasteiger partial charge >= 0.3 is 18.2 Å². The van der Waals surface area contributed by atoms with Gasteiger partial charge in [-0.1, -0.05) is 0 Å². The lowest BCUT2D eigenvalue weighted by molar-refractivity contribution is -0.145. The highest BCUT2D eigenvalue weighted by Gasteiger charge is 2.36. The summed E-state index contributed by atoms with van der Waals surface area (Å²) in [6, 6.07) is -1.67. The molecule has 0 aliphatic carbocycles. The number of methoxy groups -OCH3 is 1. The Labute approximate surface area is 86.8 Å². The summed E-state index contributed by atoms with van der Waals surface area (Å²) < 4.78 is 41.2. The number of ether oxygens (including phenoxy) is 1. The van der Waals surface area contributed by atoms with Crippen molar-refractivity contribution in [1.82, 2.24) is 15.0 Å². The largest absolute Gasteiger partial charge is 0.467 e. The Bertz CT molecular complexity index is 408. The molecule has 1 heterocycles. The number of anilines is 1. The number of nitrogens with two attached hydrogens (primary N) is 1. The normalized spacial score (nSPS) is 11.0. The number of primary amides is 1. The van der Waals surface area contributed by atoms with E-state index in [1.807, 2.05) is 0 Å². The molecule has 88 valence electrons. The minimum atomic E-state index is -4.77. The first kappa shape index (κ1) is 11.9. The number of carbonyl (C=O) groups excluding carboxylic acids is 1. The minimum Gasteiger partial charge on any atom is -0.467 e. The van der Waals surface area contributed by atoms with Crippen LogP contribution in [-0.2, 0) is 6.18 Å². The van der Waals surface area contributed by atoms with Gasteiger partial charge in [0.15, 0.2) is 0 Å². The van der Waals surface area contributed by atoms with Gasteiger partial charge in [-0.15, -0.1) is 0 Å². The predicted octanol–water partition coefficient (Wildman–Crippen LogP) is 0.390. The van der Waals surface area contributed by atoms with Crippen LogP contribution >= 0.6 is 0 Å². The second-order valence-corrected chi connectivity index (χ2v) is 2.46. The Balaban J connectivity index is 3.16.